The van der Waals surface area contributed by atoms with Gasteiger partial charge in [0, 0.05) is 4.92 Å². The van der Waals surface area contributed by atoms with Gasteiger partial charge in [0.25, 0.3) is 0 Å². The normalized spacial score (nSPS) is 4.11. The molecule has 0 saturated heterocycles. The lowest BCUT2D eigenvalue weighted by atomic mass is 11.0. The van der Waals surface area contributed by atoms with Crippen LogP contribution in [0, 0.1) is 10.1 Å². The Morgan fingerprint density at radius 1 is 1.11 bits per heavy atom. The van der Waals surface area contributed by atoms with Crippen LogP contribution in [-0.2, 0) is 0 Å². The van der Waals surface area contributed by atoms with E-state index in [1.54, 1.807) is 0 Å². The SMILES string of the molecule is C.CC.CC.C[N+](=O)[O-]. The minimum atomic E-state index is -0.500. The van der Waals surface area contributed by atoms with Crippen LogP contribution < -0.4 is 0 Å². The van der Waals surface area contributed by atoms with Crippen molar-refractivity contribution in [3.63, 3.8) is 0 Å². The van der Waals surface area contributed by atoms with E-state index in [0.717, 1.165) is 7.05 Å². The molecule has 0 N–H and O–H groups in total. The van der Waals surface area contributed by atoms with Gasteiger partial charge < -0.3 is 0 Å². The summed E-state index contributed by atoms with van der Waals surface area (Å²) in [5.41, 5.74) is 0. The van der Waals surface area contributed by atoms with Crippen LogP contribution in [0.25, 0.3) is 0 Å². The van der Waals surface area contributed by atoms with Crippen LogP contribution in [-0.4, -0.2) is 12.0 Å². The van der Waals surface area contributed by atoms with Gasteiger partial charge in [0.15, 0.2) is 7.05 Å². The van der Waals surface area contributed by atoms with E-state index in [9.17, 15) is 0 Å². The molecule has 0 aliphatic heterocycles. The summed E-state index contributed by atoms with van der Waals surface area (Å²) < 4.78 is 0. The summed E-state index contributed by atoms with van der Waals surface area (Å²) in [4.78, 5) is 8.31. The van der Waals surface area contributed by atoms with E-state index in [1.807, 2.05) is 27.7 Å². The first kappa shape index (κ1) is 23.8. The van der Waals surface area contributed by atoms with Gasteiger partial charge in [-0.25, -0.2) is 0 Å². The first-order valence-corrected chi connectivity index (χ1v) is 2.81. The van der Waals surface area contributed by atoms with Gasteiger partial charge in [-0.3, -0.25) is 10.1 Å². The van der Waals surface area contributed by atoms with Crippen molar-refractivity contribution in [1.29, 1.82) is 0 Å². The molecule has 0 rings (SSSR count). The molecule has 0 aliphatic rings. The van der Waals surface area contributed by atoms with Gasteiger partial charge in [-0.15, -0.1) is 0 Å². The Hall–Kier alpha value is -0.600. The maximum Gasteiger partial charge on any atom is 0.194 e. The second-order valence-electron chi connectivity index (χ2n) is 0.440. The lowest BCUT2D eigenvalue weighted by Crippen LogP contribution is -1.79. The molecule has 3 nitrogen and oxygen atoms in total. The minimum Gasteiger partial charge on any atom is -0.265 e. The third kappa shape index (κ3) is 599. The third-order valence-corrected chi connectivity index (χ3v) is 0. The first-order chi connectivity index (χ1) is 3.73. The van der Waals surface area contributed by atoms with E-state index in [1.165, 1.54) is 0 Å². The van der Waals surface area contributed by atoms with Crippen molar-refractivity contribution in [2.24, 2.45) is 0 Å². The quantitative estimate of drug-likeness (QED) is 0.380. The predicted octanol–water partition coefficient (Wildman–Crippen LogP) is 2.58. The third-order valence-electron chi connectivity index (χ3n) is 0. The number of nitrogens with zero attached hydrogens (tertiary/aromatic N) is 1. The summed E-state index contributed by atoms with van der Waals surface area (Å²) in [5, 5.41) is 8.81. The van der Waals surface area contributed by atoms with Crippen molar-refractivity contribution in [3.8, 4) is 0 Å². The maximum atomic E-state index is 8.81. The van der Waals surface area contributed by atoms with Crippen LogP contribution >= 0.6 is 0 Å². The van der Waals surface area contributed by atoms with Gasteiger partial charge >= 0.3 is 0 Å². The van der Waals surface area contributed by atoms with E-state index >= 15 is 0 Å². The van der Waals surface area contributed by atoms with Crippen molar-refractivity contribution in [2.45, 2.75) is 35.1 Å². The molecule has 0 aromatic rings. The second-order valence-corrected chi connectivity index (χ2v) is 0.440. The van der Waals surface area contributed by atoms with Crippen molar-refractivity contribution >= 4 is 0 Å². The molecule has 0 radical (unpaired) electrons. The Labute approximate surface area is 58.2 Å². The lowest BCUT2D eigenvalue weighted by molar-refractivity contribution is -0.445. The molecule has 0 aliphatic carbocycles. The highest BCUT2D eigenvalue weighted by molar-refractivity contribution is 3.91. The topological polar surface area (TPSA) is 43.1 Å². The molecule has 0 aromatic carbocycles. The fourth-order valence-corrected chi connectivity index (χ4v) is 0. The van der Waals surface area contributed by atoms with Crippen LogP contribution in [0.3, 0.4) is 0 Å². The largest absolute Gasteiger partial charge is 0.265 e. The Bertz CT molecular complexity index is 34.0. The molecule has 0 bridgehead atoms. The number of nitro groups is 1. The first-order valence-electron chi connectivity index (χ1n) is 2.81. The van der Waals surface area contributed by atoms with E-state index in [4.69, 9.17) is 10.1 Å². The van der Waals surface area contributed by atoms with Gasteiger partial charge in [-0.1, -0.05) is 35.1 Å². The lowest BCUT2D eigenvalue weighted by Gasteiger charge is -1.63. The molecular formula is C6H19NO2. The highest BCUT2D eigenvalue weighted by Gasteiger charge is 1.57. The summed E-state index contributed by atoms with van der Waals surface area (Å²) in [7, 11) is 0.889. The number of rotatable bonds is 0. The molecule has 0 amide bonds. The van der Waals surface area contributed by atoms with Crippen LogP contribution in [0.5, 0.6) is 0 Å². The van der Waals surface area contributed by atoms with Gasteiger partial charge in [0.05, 0.1) is 0 Å². The second kappa shape index (κ2) is 52.6. The highest BCUT2D eigenvalue weighted by Crippen LogP contribution is 1.39. The van der Waals surface area contributed by atoms with E-state index in [-0.39, 0.29) is 7.43 Å². The molecule has 3 heteroatoms. The van der Waals surface area contributed by atoms with Crippen molar-refractivity contribution in [2.75, 3.05) is 7.05 Å². The summed E-state index contributed by atoms with van der Waals surface area (Å²) in [5.74, 6) is 0. The van der Waals surface area contributed by atoms with Crippen LogP contribution in [0.2, 0.25) is 0 Å². The Morgan fingerprint density at radius 2 is 1.11 bits per heavy atom. The molecule has 0 atom stereocenters. The molecular weight excluding hydrogens is 118 g/mol. The fraction of sp³-hybridized carbons (Fsp3) is 1.00. The highest BCUT2D eigenvalue weighted by atomic mass is 16.6. The average molecular weight is 137 g/mol. The number of hydrogen-bond donors (Lipinski definition) is 0. The van der Waals surface area contributed by atoms with Gasteiger partial charge in [0.2, 0.25) is 0 Å². The predicted molar refractivity (Wildman–Crippen MR) is 42.3 cm³/mol. The number of hydrogen-bond acceptors (Lipinski definition) is 2. The monoisotopic (exact) mass is 137 g/mol. The smallest absolute Gasteiger partial charge is 0.194 e. The van der Waals surface area contributed by atoms with Crippen LogP contribution in [0.15, 0.2) is 0 Å². The Balaban J connectivity index is -0.0000000221. The summed E-state index contributed by atoms with van der Waals surface area (Å²) in [6.45, 7) is 8.00. The van der Waals surface area contributed by atoms with Crippen molar-refractivity contribution < 1.29 is 4.92 Å². The maximum absolute atomic E-state index is 8.81. The van der Waals surface area contributed by atoms with E-state index in [2.05, 4.69) is 0 Å². The van der Waals surface area contributed by atoms with Gasteiger partial charge in [0.1, 0.15) is 0 Å². The molecule has 0 fully saturated rings. The van der Waals surface area contributed by atoms with Gasteiger partial charge in [-0.2, -0.15) is 0 Å². The van der Waals surface area contributed by atoms with E-state index in [0.29, 0.717) is 0 Å². The van der Waals surface area contributed by atoms with Crippen LogP contribution in [0.1, 0.15) is 35.1 Å². The molecule has 9 heavy (non-hydrogen) atoms. The zero-order valence-corrected chi connectivity index (χ0v) is 6.26. The molecule has 60 valence electrons. The summed E-state index contributed by atoms with van der Waals surface area (Å²) in [6.07, 6.45) is 0. The van der Waals surface area contributed by atoms with Crippen molar-refractivity contribution in [1.82, 2.24) is 0 Å². The molecule has 0 unspecified atom stereocenters. The molecule has 0 saturated carbocycles. The molecule has 0 heterocycles. The summed E-state index contributed by atoms with van der Waals surface area (Å²) >= 11 is 0. The average Bonchev–Trinajstić information content (AvgIpc) is 1.75. The Morgan fingerprint density at radius 3 is 1.11 bits per heavy atom. The van der Waals surface area contributed by atoms with Gasteiger partial charge in [-0.05, 0) is 0 Å². The fourth-order valence-electron chi connectivity index (χ4n) is 0. The molecule has 0 aromatic heterocycles. The van der Waals surface area contributed by atoms with E-state index < -0.39 is 4.92 Å². The summed E-state index contributed by atoms with van der Waals surface area (Å²) in [6, 6.07) is 0. The van der Waals surface area contributed by atoms with Crippen LogP contribution in [0.4, 0.5) is 0 Å². The van der Waals surface area contributed by atoms with Crippen molar-refractivity contribution in [3.05, 3.63) is 10.1 Å². The standard InChI is InChI=1S/2C2H6.CH3NO2.CH4/c2*1-2;1-2(3)4;/h2*1-2H3;1H3;1H4. The Kier molecular flexibility index (Phi) is 139. The zero-order valence-electron chi connectivity index (χ0n) is 6.26. The zero-order chi connectivity index (χ0) is 7.58. The minimum absolute atomic E-state index is 0. The molecule has 0 spiro atoms.